The van der Waals surface area contributed by atoms with Gasteiger partial charge in [-0.1, -0.05) is 30.3 Å². The highest BCUT2D eigenvalue weighted by molar-refractivity contribution is 7.99. The van der Waals surface area contributed by atoms with Gasteiger partial charge in [0.15, 0.2) is 5.16 Å². The van der Waals surface area contributed by atoms with Gasteiger partial charge in [0.25, 0.3) is 0 Å². The normalized spacial score (nSPS) is 15.1. The molecule has 33 heavy (non-hydrogen) atoms. The Bertz CT molecular complexity index is 1200. The zero-order valence-corrected chi connectivity index (χ0v) is 20.3. The van der Waals surface area contributed by atoms with Gasteiger partial charge in [-0.3, -0.25) is 4.79 Å². The van der Waals surface area contributed by atoms with Gasteiger partial charge in [-0.2, -0.15) is 4.31 Å². The largest absolute Gasteiger partial charge is 0.489 e. The Morgan fingerprint density at radius 3 is 2.67 bits per heavy atom. The Hall–Kier alpha value is -2.56. The van der Waals surface area contributed by atoms with Crippen LogP contribution in [0, 0.1) is 0 Å². The highest BCUT2D eigenvalue weighted by Gasteiger charge is 2.27. The van der Waals surface area contributed by atoms with E-state index in [1.54, 1.807) is 12.1 Å². The van der Waals surface area contributed by atoms with Gasteiger partial charge in [0.05, 0.1) is 33.5 Å². The Morgan fingerprint density at radius 2 is 1.94 bits per heavy atom. The van der Waals surface area contributed by atoms with E-state index in [-0.39, 0.29) is 22.7 Å². The number of para-hydroxylation sites is 2. The van der Waals surface area contributed by atoms with E-state index in [2.05, 4.69) is 15.3 Å². The molecule has 0 bridgehead atoms. The molecule has 1 fully saturated rings. The predicted molar refractivity (Wildman–Crippen MR) is 130 cm³/mol. The number of hydrogen-bond donors (Lipinski definition) is 2. The number of hydrogen-bond acceptors (Lipinski definition) is 6. The molecule has 2 aromatic carbocycles. The first-order chi connectivity index (χ1) is 15.8. The van der Waals surface area contributed by atoms with Crippen LogP contribution in [0.4, 0.5) is 5.69 Å². The summed E-state index contributed by atoms with van der Waals surface area (Å²) in [6.45, 7) is 4.79. The molecule has 0 unspecified atom stereocenters. The number of anilines is 1. The summed E-state index contributed by atoms with van der Waals surface area (Å²) in [7, 11) is -3.63. The number of sulfonamides is 1. The molecule has 2 heterocycles. The number of nitrogens with zero attached hydrogens (tertiary/aromatic N) is 2. The standard InChI is InChI=1S/C23H28N4O4S2/c1-16(2)31-21-11-10-17(33(29,30)27-12-6-3-7-13-27)14-20(21)24-22(28)15-32-23-25-18-8-4-5-9-19(18)26-23/h4-5,8-11,14,16H,3,6-7,12-13,15H2,1-2H3,(H,24,28)(H,25,26). The van der Waals surface area contributed by atoms with E-state index >= 15 is 0 Å². The number of nitrogens with one attached hydrogen (secondary N) is 2. The lowest BCUT2D eigenvalue weighted by Crippen LogP contribution is -2.35. The third-order valence-electron chi connectivity index (χ3n) is 5.25. The van der Waals surface area contributed by atoms with Crippen LogP contribution < -0.4 is 10.1 Å². The summed E-state index contributed by atoms with van der Waals surface area (Å²) < 4.78 is 33.5. The van der Waals surface area contributed by atoms with E-state index in [1.807, 2.05) is 38.1 Å². The number of carbonyl (C=O) groups excluding carboxylic acids is 1. The lowest BCUT2D eigenvalue weighted by molar-refractivity contribution is -0.113. The molecule has 1 amide bonds. The number of thioether (sulfide) groups is 1. The third kappa shape index (κ3) is 5.69. The second-order valence-electron chi connectivity index (χ2n) is 8.19. The maximum atomic E-state index is 13.1. The van der Waals surface area contributed by atoms with E-state index in [4.69, 9.17) is 4.74 Å². The van der Waals surface area contributed by atoms with Gasteiger partial charge in [0.1, 0.15) is 5.75 Å². The molecule has 8 nitrogen and oxygen atoms in total. The van der Waals surface area contributed by atoms with Crippen molar-refractivity contribution in [3.8, 4) is 5.75 Å². The Morgan fingerprint density at radius 1 is 1.18 bits per heavy atom. The third-order valence-corrected chi connectivity index (χ3v) is 8.02. The molecule has 0 saturated carbocycles. The molecule has 0 aliphatic carbocycles. The second kappa shape index (κ2) is 10.1. The molecule has 10 heteroatoms. The van der Waals surface area contributed by atoms with E-state index in [1.165, 1.54) is 22.1 Å². The average molecular weight is 489 g/mol. The topological polar surface area (TPSA) is 104 Å². The lowest BCUT2D eigenvalue weighted by atomic mass is 10.2. The zero-order valence-electron chi connectivity index (χ0n) is 18.7. The summed E-state index contributed by atoms with van der Waals surface area (Å²) in [6, 6.07) is 12.3. The number of benzene rings is 2. The van der Waals surface area contributed by atoms with Crippen LogP contribution >= 0.6 is 11.8 Å². The molecule has 1 aliphatic heterocycles. The van der Waals surface area contributed by atoms with Gasteiger partial charge in [-0.05, 0) is 57.0 Å². The minimum Gasteiger partial charge on any atom is -0.489 e. The minimum atomic E-state index is -3.63. The van der Waals surface area contributed by atoms with Crippen molar-refractivity contribution in [2.45, 2.75) is 49.3 Å². The molecule has 1 saturated heterocycles. The molecule has 176 valence electrons. The number of aromatic nitrogens is 2. The average Bonchev–Trinajstić information content (AvgIpc) is 3.22. The van der Waals surface area contributed by atoms with Crippen molar-refractivity contribution in [1.29, 1.82) is 0 Å². The van der Waals surface area contributed by atoms with Gasteiger partial charge in [-0.25, -0.2) is 13.4 Å². The highest BCUT2D eigenvalue weighted by Crippen LogP contribution is 2.31. The SMILES string of the molecule is CC(C)Oc1ccc(S(=O)(=O)N2CCCCC2)cc1NC(=O)CSc1nc2ccccc2[nH]1. The van der Waals surface area contributed by atoms with E-state index in [0.29, 0.717) is 29.7 Å². The number of carbonyl (C=O) groups is 1. The number of aromatic amines is 1. The van der Waals surface area contributed by atoms with Gasteiger partial charge < -0.3 is 15.0 Å². The maximum absolute atomic E-state index is 13.1. The van der Waals surface area contributed by atoms with Crippen molar-refractivity contribution in [3.05, 3.63) is 42.5 Å². The van der Waals surface area contributed by atoms with Crippen LogP contribution in [-0.4, -0.2) is 53.5 Å². The Balaban J connectivity index is 1.51. The summed E-state index contributed by atoms with van der Waals surface area (Å²) in [4.78, 5) is 20.5. The number of H-pyrrole nitrogens is 1. The fourth-order valence-corrected chi connectivity index (χ4v) is 5.93. The number of fused-ring (bicyclic) bond motifs is 1. The van der Waals surface area contributed by atoms with Crippen molar-refractivity contribution in [2.24, 2.45) is 0 Å². The van der Waals surface area contributed by atoms with Gasteiger partial charge >= 0.3 is 0 Å². The van der Waals surface area contributed by atoms with Crippen LogP contribution in [0.5, 0.6) is 5.75 Å². The maximum Gasteiger partial charge on any atom is 0.243 e. The number of ether oxygens (including phenoxy) is 1. The smallest absolute Gasteiger partial charge is 0.243 e. The van der Waals surface area contributed by atoms with E-state index in [9.17, 15) is 13.2 Å². The lowest BCUT2D eigenvalue weighted by Gasteiger charge is -2.26. The van der Waals surface area contributed by atoms with Gasteiger partial charge in [0, 0.05) is 13.1 Å². The van der Waals surface area contributed by atoms with E-state index in [0.717, 1.165) is 30.3 Å². The summed E-state index contributed by atoms with van der Waals surface area (Å²) in [5, 5.41) is 3.47. The second-order valence-corrected chi connectivity index (χ2v) is 11.1. The molecule has 0 radical (unpaired) electrons. The van der Waals surface area contributed by atoms with Crippen LogP contribution in [0.2, 0.25) is 0 Å². The van der Waals surface area contributed by atoms with Crippen LogP contribution in [0.15, 0.2) is 52.5 Å². The predicted octanol–water partition coefficient (Wildman–Crippen LogP) is 4.26. The van der Waals surface area contributed by atoms with Gasteiger partial charge in [-0.15, -0.1) is 0 Å². The van der Waals surface area contributed by atoms with Gasteiger partial charge in [0.2, 0.25) is 15.9 Å². The molecule has 1 aromatic heterocycles. The first-order valence-electron chi connectivity index (χ1n) is 11.0. The fourth-order valence-electron chi connectivity index (χ4n) is 3.70. The summed E-state index contributed by atoms with van der Waals surface area (Å²) >= 11 is 1.28. The molecule has 3 aromatic rings. The fraction of sp³-hybridized carbons (Fsp3) is 0.391. The highest BCUT2D eigenvalue weighted by atomic mass is 32.2. The van der Waals surface area contributed by atoms with Crippen molar-refractivity contribution >= 4 is 44.4 Å². The molecule has 1 aliphatic rings. The Kier molecular flexibility index (Phi) is 7.26. The van der Waals surface area contributed by atoms with Crippen LogP contribution in [0.1, 0.15) is 33.1 Å². The van der Waals surface area contributed by atoms with Crippen LogP contribution in [0.3, 0.4) is 0 Å². The number of imidazole rings is 1. The summed E-state index contributed by atoms with van der Waals surface area (Å²) in [5.74, 6) is 0.274. The number of amides is 1. The Labute approximate surface area is 198 Å². The molecule has 0 spiro atoms. The summed E-state index contributed by atoms with van der Waals surface area (Å²) in [6.07, 6.45) is 2.62. The van der Waals surface area contributed by atoms with E-state index < -0.39 is 10.0 Å². The molecule has 4 rings (SSSR count). The number of rotatable bonds is 8. The molecular weight excluding hydrogens is 460 g/mol. The first-order valence-corrected chi connectivity index (χ1v) is 13.4. The first kappa shape index (κ1) is 23.6. The monoisotopic (exact) mass is 488 g/mol. The minimum absolute atomic E-state index is 0.115. The van der Waals surface area contributed by atoms with Crippen LogP contribution in [-0.2, 0) is 14.8 Å². The van der Waals surface area contributed by atoms with Crippen molar-refractivity contribution in [2.75, 3.05) is 24.2 Å². The molecule has 0 atom stereocenters. The number of piperidine rings is 1. The quantitative estimate of drug-likeness (QED) is 0.459. The molecule has 2 N–H and O–H groups in total. The van der Waals surface area contributed by atoms with Crippen molar-refractivity contribution in [3.63, 3.8) is 0 Å². The van der Waals surface area contributed by atoms with Crippen molar-refractivity contribution in [1.82, 2.24) is 14.3 Å². The van der Waals surface area contributed by atoms with Crippen molar-refractivity contribution < 1.29 is 17.9 Å². The summed E-state index contributed by atoms with van der Waals surface area (Å²) in [5.41, 5.74) is 2.09. The molecular formula is C23H28N4O4S2. The zero-order chi connectivity index (χ0) is 23.4. The van der Waals surface area contributed by atoms with Crippen LogP contribution in [0.25, 0.3) is 11.0 Å².